The maximum Gasteiger partial charge on any atom is 0.416 e. The molecular formula is C15H7BrCl2F3N5O2S. The van der Waals surface area contributed by atoms with Gasteiger partial charge >= 0.3 is 6.18 Å². The SMILES string of the molecule is Cc1c(-c2nc(C#N)c(Br)[nH]2)c(=S(=O)=O)[nH]n1-c1c(Cl)cc(C(F)(F)F)cc1Cl. The molecule has 0 aliphatic carbocycles. The molecule has 0 amide bonds. The lowest BCUT2D eigenvalue weighted by Crippen LogP contribution is -2.08. The van der Waals surface area contributed by atoms with Crippen molar-refractivity contribution in [3.63, 3.8) is 0 Å². The number of nitrogens with zero attached hydrogens (tertiary/aromatic N) is 3. The van der Waals surface area contributed by atoms with Crippen LogP contribution in [0, 0.1) is 22.9 Å². The van der Waals surface area contributed by atoms with E-state index in [1.54, 1.807) is 0 Å². The first-order chi connectivity index (χ1) is 13.5. The monoisotopic (exact) mass is 527 g/mol. The van der Waals surface area contributed by atoms with Gasteiger partial charge in [-0.05, 0) is 35.0 Å². The number of halogens is 6. The smallest absolute Gasteiger partial charge is 0.331 e. The van der Waals surface area contributed by atoms with E-state index in [-0.39, 0.29) is 47.8 Å². The van der Waals surface area contributed by atoms with Gasteiger partial charge in [0, 0.05) is 0 Å². The Morgan fingerprint density at radius 2 is 1.86 bits per heavy atom. The van der Waals surface area contributed by atoms with Gasteiger partial charge in [-0.1, -0.05) is 23.2 Å². The van der Waals surface area contributed by atoms with Crippen LogP contribution in [0.4, 0.5) is 13.2 Å². The van der Waals surface area contributed by atoms with Crippen molar-refractivity contribution in [2.75, 3.05) is 0 Å². The molecule has 2 N–H and O–H groups in total. The first-order valence-electron chi connectivity index (χ1n) is 7.42. The molecule has 1 aromatic carbocycles. The normalized spacial score (nSPS) is 11.5. The highest BCUT2D eigenvalue weighted by molar-refractivity contribution is 9.10. The Hall–Kier alpha value is -2.20. The molecule has 0 saturated carbocycles. The summed E-state index contributed by atoms with van der Waals surface area (Å²) in [5.41, 5.74) is -0.864. The Kier molecular flexibility index (Phi) is 5.61. The number of alkyl halides is 3. The van der Waals surface area contributed by atoms with Gasteiger partial charge in [0.1, 0.15) is 16.5 Å². The molecule has 0 fully saturated rings. The molecule has 0 saturated heterocycles. The fourth-order valence-corrected chi connectivity index (χ4v) is 4.23. The van der Waals surface area contributed by atoms with E-state index in [1.807, 2.05) is 6.07 Å². The van der Waals surface area contributed by atoms with Crippen LogP contribution in [0.15, 0.2) is 16.7 Å². The number of H-pyrrole nitrogens is 2. The minimum atomic E-state index is -4.66. The van der Waals surface area contributed by atoms with Crippen molar-refractivity contribution in [3.05, 3.63) is 48.4 Å². The van der Waals surface area contributed by atoms with Gasteiger partial charge < -0.3 is 4.98 Å². The van der Waals surface area contributed by atoms with Crippen molar-refractivity contribution in [2.45, 2.75) is 13.1 Å². The van der Waals surface area contributed by atoms with Crippen molar-refractivity contribution < 1.29 is 21.6 Å². The number of nitriles is 1. The molecule has 2 aromatic heterocycles. The third-order valence-electron chi connectivity index (χ3n) is 3.87. The zero-order chi connectivity index (χ0) is 21.7. The lowest BCUT2D eigenvalue weighted by Gasteiger charge is -2.14. The van der Waals surface area contributed by atoms with Gasteiger partial charge in [-0.2, -0.15) is 26.9 Å². The summed E-state index contributed by atoms with van der Waals surface area (Å²) in [5, 5.41) is 10.9. The van der Waals surface area contributed by atoms with Crippen molar-refractivity contribution in [3.8, 4) is 23.1 Å². The number of nitrogens with one attached hydrogen (secondary N) is 2. The first kappa shape index (κ1) is 21.5. The number of hydrogen-bond donors (Lipinski definition) is 2. The van der Waals surface area contributed by atoms with E-state index in [0.29, 0.717) is 12.1 Å². The van der Waals surface area contributed by atoms with Crippen molar-refractivity contribution in [2.24, 2.45) is 0 Å². The number of rotatable bonds is 2. The molecule has 14 heteroatoms. The van der Waals surface area contributed by atoms with E-state index in [2.05, 4.69) is 31.0 Å². The molecule has 7 nitrogen and oxygen atoms in total. The van der Waals surface area contributed by atoms with Crippen LogP contribution in [-0.4, -0.2) is 28.2 Å². The highest BCUT2D eigenvalue weighted by Gasteiger charge is 2.32. The van der Waals surface area contributed by atoms with Crippen LogP contribution in [0.3, 0.4) is 0 Å². The molecule has 3 aromatic rings. The summed E-state index contributed by atoms with van der Waals surface area (Å²) >= 11 is 15.2. The number of aromatic amines is 2. The summed E-state index contributed by atoms with van der Waals surface area (Å²) in [4.78, 5) is 6.75. The maximum absolute atomic E-state index is 13.0. The summed E-state index contributed by atoms with van der Waals surface area (Å²) in [5.74, 6) is 0.0410. The molecule has 0 spiro atoms. The van der Waals surface area contributed by atoms with Gasteiger partial charge in [0.2, 0.25) is 10.3 Å². The van der Waals surface area contributed by atoms with Crippen LogP contribution < -0.4 is 0 Å². The van der Waals surface area contributed by atoms with Crippen LogP contribution in [0.1, 0.15) is 17.0 Å². The molecule has 152 valence electrons. The summed E-state index contributed by atoms with van der Waals surface area (Å²) in [6.07, 6.45) is -4.66. The quantitative estimate of drug-likeness (QED) is 0.462. The molecular weight excluding hydrogens is 522 g/mol. The van der Waals surface area contributed by atoms with E-state index in [4.69, 9.17) is 28.5 Å². The Labute approximate surface area is 180 Å². The molecule has 0 aliphatic heterocycles. The van der Waals surface area contributed by atoms with E-state index < -0.39 is 22.0 Å². The molecule has 2 heterocycles. The number of hydrogen-bond acceptors (Lipinski definition) is 4. The Bertz CT molecular complexity index is 1330. The summed E-state index contributed by atoms with van der Waals surface area (Å²) in [6, 6.07) is 3.18. The maximum atomic E-state index is 13.0. The van der Waals surface area contributed by atoms with Crippen LogP contribution >= 0.6 is 39.1 Å². The summed E-state index contributed by atoms with van der Waals surface area (Å²) < 4.78 is 63.4. The minimum absolute atomic E-state index is 0.0135. The Balaban J connectivity index is 2.35. The van der Waals surface area contributed by atoms with Crippen molar-refractivity contribution in [1.82, 2.24) is 19.7 Å². The number of imidazole rings is 1. The van der Waals surface area contributed by atoms with Gasteiger partial charge in [0.25, 0.3) is 0 Å². The van der Waals surface area contributed by atoms with E-state index in [0.717, 1.165) is 4.68 Å². The highest BCUT2D eigenvalue weighted by Crippen LogP contribution is 2.38. The third-order valence-corrected chi connectivity index (χ3v) is 5.65. The van der Waals surface area contributed by atoms with E-state index in [9.17, 15) is 21.6 Å². The molecule has 0 aliphatic rings. The largest absolute Gasteiger partial charge is 0.416 e. The van der Waals surface area contributed by atoms with Gasteiger partial charge in [0.15, 0.2) is 10.3 Å². The predicted molar refractivity (Wildman–Crippen MR) is 102 cm³/mol. The van der Waals surface area contributed by atoms with Crippen LogP contribution in [0.5, 0.6) is 0 Å². The second-order valence-corrected chi connectivity index (χ2v) is 8.10. The summed E-state index contributed by atoms with van der Waals surface area (Å²) in [7, 11) is -2.79. The predicted octanol–water partition coefficient (Wildman–Crippen LogP) is 4.87. The fraction of sp³-hybridized carbons (Fsp3) is 0.133. The second kappa shape index (κ2) is 7.56. The van der Waals surface area contributed by atoms with Crippen molar-refractivity contribution >= 4 is 49.4 Å². The third kappa shape index (κ3) is 3.83. The average Bonchev–Trinajstić information content (AvgIpc) is 3.13. The second-order valence-electron chi connectivity index (χ2n) is 5.62. The van der Waals surface area contributed by atoms with Gasteiger partial charge in [0.05, 0.1) is 32.6 Å². The van der Waals surface area contributed by atoms with Crippen LogP contribution in [-0.2, 0) is 16.5 Å². The zero-order valence-electron chi connectivity index (χ0n) is 14.0. The molecule has 0 radical (unpaired) electrons. The summed E-state index contributed by atoms with van der Waals surface area (Å²) in [6.45, 7) is 1.48. The average molecular weight is 529 g/mol. The van der Waals surface area contributed by atoms with E-state index in [1.165, 1.54) is 6.92 Å². The molecule has 0 atom stereocenters. The molecule has 29 heavy (non-hydrogen) atoms. The van der Waals surface area contributed by atoms with Crippen molar-refractivity contribution in [1.29, 1.82) is 5.26 Å². The van der Waals surface area contributed by atoms with Gasteiger partial charge in [-0.15, -0.1) is 0 Å². The number of benzene rings is 1. The van der Waals surface area contributed by atoms with Gasteiger partial charge in [-0.3, -0.25) is 9.78 Å². The fourth-order valence-electron chi connectivity index (χ4n) is 2.63. The Morgan fingerprint density at radius 1 is 1.28 bits per heavy atom. The Morgan fingerprint density at radius 3 is 2.31 bits per heavy atom. The zero-order valence-corrected chi connectivity index (χ0v) is 17.9. The van der Waals surface area contributed by atoms with E-state index >= 15 is 0 Å². The first-order valence-corrected chi connectivity index (χ1v) is 10.0. The highest BCUT2D eigenvalue weighted by atomic mass is 79.9. The number of aromatic nitrogens is 4. The molecule has 3 rings (SSSR count). The lowest BCUT2D eigenvalue weighted by atomic mass is 10.2. The van der Waals surface area contributed by atoms with Gasteiger partial charge in [-0.25, -0.2) is 4.98 Å². The molecule has 0 bridgehead atoms. The standard InChI is InChI=1S/C15H7BrCl2F3N5O2S/c1-5-10(13-23-9(4-22)12(16)24-13)14(29(27)28)25-26(5)11-7(17)2-6(3-8(11)18)15(19,20)21/h2-3,25H,1H3,(H,23,24). The minimum Gasteiger partial charge on any atom is -0.331 e. The molecule has 0 unspecified atom stereocenters. The van der Waals surface area contributed by atoms with Crippen LogP contribution in [0.25, 0.3) is 17.1 Å². The lowest BCUT2D eigenvalue weighted by molar-refractivity contribution is -0.137. The topological polar surface area (TPSA) is 107 Å². The van der Waals surface area contributed by atoms with Crippen LogP contribution in [0.2, 0.25) is 10.0 Å².